The molecule has 14 rings (SSSR count). The summed E-state index contributed by atoms with van der Waals surface area (Å²) in [7, 11) is 0. The van der Waals surface area contributed by atoms with Gasteiger partial charge in [0.2, 0.25) is 23.0 Å². The van der Waals surface area contributed by atoms with Gasteiger partial charge >= 0.3 is 24.4 Å². The van der Waals surface area contributed by atoms with Crippen molar-refractivity contribution in [3.05, 3.63) is 103 Å². The number of alkyl halides is 2. The fraction of sp³-hybridized carbons (Fsp3) is 0.653. The van der Waals surface area contributed by atoms with Gasteiger partial charge in [-0.05, 0) is 265 Å². The van der Waals surface area contributed by atoms with Crippen molar-refractivity contribution in [3.8, 4) is 0 Å². The lowest BCUT2D eigenvalue weighted by Gasteiger charge is -2.43. The Hall–Kier alpha value is -8.59. The number of unbranched alkanes of at least 4 members (excludes halogenated alkanes) is 2. The Morgan fingerprint density at radius 2 is 0.868 bits per heavy atom. The number of nitrogens with one attached hydrogen (secondary N) is 4. The fourth-order valence-electron chi connectivity index (χ4n) is 16.7. The predicted octanol–water partition coefficient (Wildman–Crippen LogP) is 18.3. The number of hydrogen-bond acceptors (Lipinski definition) is 21. The van der Waals surface area contributed by atoms with Crippen molar-refractivity contribution in [2.24, 2.45) is 11.7 Å². The predicted molar refractivity (Wildman–Crippen MR) is 516 cm³/mol. The number of ketones is 1. The van der Waals surface area contributed by atoms with Crippen molar-refractivity contribution in [1.82, 2.24) is 64.2 Å². The molecule has 0 aliphatic carbocycles. The second kappa shape index (κ2) is 52.6. The molecule has 4 aromatic heterocycles. The number of piperidine rings is 8. The Balaban J connectivity index is 0.000000192. The smallest absolute Gasteiger partial charge is 0.410 e. The number of aromatic amines is 2. The monoisotopic (exact) mass is 1960 g/mol. The molecule has 8 saturated heterocycles. The first kappa shape index (κ1) is 106. The van der Waals surface area contributed by atoms with Crippen molar-refractivity contribution in [2.75, 3.05) is 111 Å². The van der Waals surface area contributed by atoms with E-state index in [0.29, 0.717) is 75.3 Å². The van der Waals surface area contributed by atoms with Crippen LogP contribution in [0, 0.1) is 5.92 Å². The lowest BCUT2D eigenvalue weighted by molar-refractivity contribution is -0.138. The molecule has 714 valence electrons. The zero-order chi connectivity index (χ0) is 93.9. The van der Waals surface area contributed by atoms with Gasteiger partial charge in [-0.15, -0.1) is 0 Å². The Kier molecular flexibility index (Phi) is 43.1. The molecule has 8 aliphatic rings. The molecule has 6 aromatic rings. The number of carbonyl (C=O) groups is 9. The Morgan fingerprint density at radius 1 is 0.457 bits per heavy atom. The third-order valence-electron chi connectivity index (χ3n) is 22.7. The largest absolute Gasteiger partial charge is 0.444 e. The average molecular weight is 1960 g/mol. The van der Waals surface area contributed by atoms with E-state index in [1.807, 2.05) is 172 Å². The number of likely N-dealkylation sites (tertiary alicyclic amines) is 7. The van der Waals surface area contributed by atoms with Crippen molar-refractivity contribution < 1.29 is 62.1 Å². The number of aromatic nitrogens is 6. The molecule has 12 heterocycles. The van der Waals surface area contributed by atoms with Crippen LogP contribution in [0.3, 0.4) is 0 Å². The number of hydrogen-bond donors (Lipinski definition) is 5. The minimum Gasteiger partial charge on any atom is -0.444 e. The second-order valence-corrected chi connectivity index (χ2v) is 40.6. The molecule has 8 fully saturated rings. The van der Waals surface area contributed by atoms with E-state index in [1.165, 1.54) is 6.33 Å². The molecule has 7 amide bonds. The SMILES string of the molecule is CC(C)(C)OC(=O)N1CCC[C@@H](CC(=O)CCCCBr)C1.CC(C)(C)OC(=O)N1CCC[C@@H](N)C1.CC(C)(C)OC(=O)N1CCC[C@@H](N2CCCC(Nc3ccccc3)C2=O)C1.CC(C)(C)OC(=O)N1CCC[C@@H](N2CCCCC2=O)C1.Clc1ncnc2[nH]ccc12.O=C(Cl)CCCCBr.O=C1C(Nc2ccccc2)CCCN1[C@@H]1CCCN(c2ncnc3[nH]ccc23)C1. The van der Waals surface area contributed by atoms with E-state index in [2.05, 4.69) is 82.2 Å². The van der Waals surface area contributed by atoms with Gasteiger partial charge in [0.25, 0.3) is 0 Å². The number of fused-ring (bicyclic) bond motifs is 2. The number of rotatable bonds is 18. The Labute approximate surface area is 790 Å². The van der Waals surface area contributed by atoms with E-state index in [1.54, 1.807) is 32.1 Å². The number of H-pyrrole nitrogens is 2. The molecule has 0 radical (unpaired) electrons. The summed E-state index contributed by atoms with van der Waals surface area (Å²) >= 11 is 17.4. The van der Waals surface area contributed by atoms with Crippen LogP contribution < -0.4 is 21.3 Å². The molecule has 8 aliphatic heterocycles. The first-order chi connectivity index (χ1) is 61.3. The van der Waals surface area contributed by atoms with Gasteiger partial charge in [-0.2, -0.15) is 0 Å². The number of halogens is 4. The summed E-state index contributed by atoms with van der Waals surface area (Å²) in [5.41, 5.74) is 7.54. The first-order valence-electron chi connectivity index (χ1n) is 46.3. The topological polar surface area (TPSA) is 350 Å². The summed E-state index contributed by atoms with van der Waals surface area (Å²) in [6, 6.07) is 24.0. The highest BCUT2D eigenvalue weighted by molar-refractivity contribution is 9.09. The minimum atomic E-state index is -0.504. The van der Waals surface area contributed by atoms with E-state index >= 15 is 0 Å². The Bertz CT molecular complexity index is 4470. The number of para-hydroxylation sites is 2. The number of carbonyl (C=O) groups excluding carboxylic acids is 9. The third kappa shape index (κ3) is 37.2. The van der Waals surface area contributed by atoms with Gasteiger partial charge < -0.3 is 84.5 Å². The molecule has 129 heavy (non-hydrogen) atoms. The molecule has 7 atom stereocenters. The lowest BCUT2D eigenvalue weighted by Crippen LogP contribution is -2.57. The summed E-state index contributed by atoms with van der Waals surface area (Å²) in [5, 5.41) is 10.9. The van der Waals surface area contributed by atoms with Crippen molar-refractivity contribution in [2.45, 2.75) is 296 Å². The number of nitrogens with two attached hydrogens (primary N) is 1. The molecular formula is C95H143Br2Cl2N17O13. The van der Waals surface area contributed by atoms with Crippen LogP contribution in [0.5, 0.6) is 0 Å². The van der Waals surface area contributed by atoms with Gasteiger partial charge in [0.1, 0.15) is 75.2 Å². The zero-order valence-electron chi connectivity index (χ0n) is 78.1. The van der Waals surface area contributed by atoms with Crippen molar-refractivity contribution >= 4 is 147 Å². The van der Waals surface area contributed by atoms with Gasteiger partial charge in [-0.25, -0.2) is 39.1 Å². The highest BCUT2D eigenvalue weighted by Gasteiger charge is 2.40. The summed E-state index contributed by atoms with van der Waals surface area (Å²) < 4.78 is 21.6. The van der Waals surface area contributed by atoms with Crippen molar-refractivity contribution in [3.63, 3.8) is 0 Å². The van der Waals surface area contributed by atoms with Crippen LogP contribution in [0.15, 0.2) is 97.8 Å². The van der Waals surface area contributed by atoms with Crippen LogP contribution in [0.25, 0.3) is 22.1 Å². The van der Waals surface area contributed by atoms with E-state index in [0.717, 1.165) is 231 Å². The maximum atomic E-state index is 13.3. The molecule has 0 spiro atoms. The molecule has 0 saturated carbocycles. The van der Waals surface area contributed by atoms with E-state index in [4.69, 9.17) is 47.9 Å². The average Bonchev–Trinajstić information content (AvgIpc) is 1.75. The van der Waals surface area contributed by atoms with Crippen LogP contribution in [0.1, 0.15) is 237 Å². The summed E-state index contributed by atoms with van der Waals surface area (Å²) in [6.45, 7) is 32.1. The number of benzene rings is 2. The number of ether oxygens (including phenoxy) is 4. The van der Waals surface area contributed by atoms with Gasteiger partial charge in [0.05, 0.1) is 10.8 Å². The van der Waals surface area contributed by atoms with Crippen LogP contribution >= 0.6 is 55.1 Å². The maximum Gasteiger partial charge on any atom is 0.410 e. The highest BCUT2D eigenvalue weighted by atomic mass is 79.9. The zero-order valence-corrected chi connectivity index (χ0v) is 82.8. The molecule has 2 unspecified atom stereocenters. The summed E-state index contributed by atoms with van der Waals surface area (Å²) in [5.74, 6) is 2.19. The summed E-state index contributed by atoms with van der Waals surface area (Å²) in [4.78, 5) is 147. The lowest BCUT2D eigenvalue weighted by atomic mass is 9.92. The minimum absolute atomic E-state index is 0.0686. The number of anilines is 3. The van der Waals surface area contributed by atoms with Gasteiger partial charge in [0.15, 0.2) is 0 Å². The second-order valence-electron chi connectivity index (χ2n) is 38.2. The van der Waals surface area contributed by atoms with Gasteiger partial charge in [-0.1, -0.05) is 79.9 Å². The quantitative estimate of drug-likeness (QED) is 0.0175. The van der Waals surface area contributed by atoms with Crippen molar-refractivity contribution in [1.29, 1.82) is 0 Å². The maximum absolute atomic E-state index is 13.3. The Morgan fingerprint density at radius 3 is 1.33 bits per heavy atom. The number of Topliss-reactive ketones (excluding diaryl/α,β-unsaturated/α-hetero) is 1. The third-order valence-corrected chi connectivity index (χ3v) is 24.3. The number of amides is 7. The molecule has 34 heteroatoms. The van der Waals surface area contributed by atoms with Gasteiger partial charge in [0, 0.05) is 169 Å². The van der Waals surface area contributed by atoms with Crippen LogP contribution in [-0.4, -0.2) is 272 Å². The van der Waals surface area contributed by atoms with Crippen LogP contribution in [0.2, 0.25) is 5.15 Å². The standard InChI is InChI=1S/C22H26N6O.C21H31N3O3.C16H28BrNO3.C15H26N2O3.C10H20N2O2.C6H4ClN3.C5H8BrClO/c29-22-19(26-16-6-2-1-3-7-16)9-5-13-28(22)17-8-4-12-27(14-17)21-18-10-11-23-20(18)24-15-25-21;1-21(2,3)27-20(26)23-13-7-11-17(15-23)24-14-8-12-18(19(24)25)22-16-9-5-4-6-10-16;1-16(2,3)21-15(20)18-10-6-7-13(12-18)11-14(19)8-4-5-9-17;1-15(2,3)20-14(19)16-9-6-7-12(11-16)17-10-5-4-8-13(17)18;1-10(2,3)14-9(13)12-6-4-5-8(11)7-12;7-5-4-1-2-8-6(4)10-3-9-5;6-4-2-1-3-5(7)8/h1-3,6-7,10-11,15,17,19,26H,4-5,8-9,12-14H2,(H,23,24,25);4-6,9-10,17-18,22H,7-8,11-15H2,1-3H3;13H,4-12H2,1-3H3;12H,4-11H2,1-3H3;8H,4-7,11H2,1-3H3;1-3H,(H,8,9,10);1-4H2/t17-,19?;17-,18?;13-;12-;8-;;/m11011../s1. The highest BCUT2D eigenvalue weighted by Crippen LogP contribution is 2.32. The first-order valence-corrected chi connectivity index (χ1v) is 49.3. The van der Waals surface area contributed by atoms with Crippen LogP contribution in [0.4, 0.5) is 36.4 Å². The molecule has 2 aromatic carbocycles. The van der Waals surface area contributed by atoms with Crippen LogP contribution in [-0.2, 0) is 42.9 Å². The molecule has 6 N–H and O–H groups in total. The van der Waals surface area contributed by atoms with E-state index < -0.39 is 22.4 Å². The fourth-order valence-corrected chi connectivity index (χ4v) is 17.8. The van der Waals surface area contributed by atoms with E-state index in [9.17, 15) is 43.2 Å². The van der Waals surface area contributed by atoms with Gasteiger partial charge in [-0.3, -0.25) is 24.0 Å². The summed E-state index contributed by atoms with van der Waals surface area (Å²) in [6.07, 6.45) is 27.7. The molecular weight excluding hydrogens is 1820 g/mol. The number of nitrogens with zero attached hydrogens (tertiary/aromatic N) is 12. The van der Waals surface area contributed by atoms with E-state index in [-0.39, 0.29) is 83.6 Å². The molecule has 0 bridgehead atoms. The normalized spacial score (nSPS) is 21.1. The molecule has 30 nitrogen and oxygen atoms in total.